The summed E-state index contributed by atoms with van der Waals surface area (Å²) in [6.07, 6.45) is 4.47. The monoisotopic (exact) mass is 138 g/mol. The van der Waals surface area contributed by atoms with Gasteiger partial charge < -0.3 is 0 Å². The van der Waals surface area contributed by atoms with Gasteiger partial charge in [0.25, 0.3) is 0 Å². The highest BCUT2D eigenvalue weighted by Crippen LogP contribution is 2.12. The predicted octanol–water partition coefficient (Wildman–Crippen LogP) is 3.70. The first kappa shape index (κ1) is 9.48. The Hall–Kier alpha value is -0.520. The molecule has 0 fully saturated rings. The fourth-order valence-corrected chi connectivity index (χ4v) is 0.707. The van der Waals surface area contributed by atoms with Crippen LogP contribution in [0.15, 0.2) is 24.3 Å². The van der Waals surface area contributed by atoms with Crippen LogP contribution >= 0.6 is 0 Å². The van der Waals surface area contributed by atoms with Gasteiger partial charge in [0.05, 0.1) is 0 Å². The van der Waals surface area contributed by atoms with E-state index in [9.17, 15) is 0 Å². The third-order valence-corrected chi connectivity index (χ3v) is 1.83. The van der Waals surface area contributed by atoms with Crippen molar-refractivity contribution in [2.24, 2.45) is 0 Å². The maximum atomic E-state index is 3.94. The zero-order valence-corrected chi connectivity index (χ0v) is 7.24. The number of rotatable bonds is 5. The molecule has 0 aromatic carbocycles. The quantitative estimate of drug-likeness (QED) is 0.508. The first-order chi connectivity index (χ1) is 4.70. The third kappa shape index (κ3) is 4.37. The lowest BCUT2D eigenvalue weighted by atomic mass is 10.0. The van der Waals surface area contributed by atoms with Crippen LogP contribution in [0, 0.1) is 0 Å². The first-order valence-electron chi connectivity index (χ1n) is 4.04. The van der Waals surface area contributed by atoms with E-state index in [2.05, 4.69) is 27.0 Å². The summed E-state index contributed by atoms with van der Waals surface area (Å²) in [6, 6.07) is 0. The maximum absolute atomic E-state index is 3.94. The van der Waals surface area contributed by atoms with E-state index in [1.54, 1.807) is 0 Å². The zero-order valence-electron chi connectivity index (χ0n) is 7.24. The molecule has 0 saturated carbocycles. The van der Waals surface area contributed by atoms with Crippen LogP contribution in [0.4, 0.5) is 0 Å². The van der Waals surface area contributed by atoms with Gasteiger partial charge in [0, 0.05) is 0 Å². The SMILES string of the molecule is C=C(CC)CCC(=C)CC. The molecule has 0 spiro atoms. The lowest BCUT2D eigenvalue weighted by Gasteiger charge is -2.02. The van der Waals surface area contributed by atoms with Gasteiger partial charge in [-0.3, -0.25) is 0 Å². The predicted molar refractivity (Wildman–Crippen MR) is 48.1 cm³/mol. The van der Waals surface area contributed by atoms with Crippen LogP contribution in [-0.4, -0.2) is 0 Å². The summed E-state index contributed by atoms with van der Waals surface area (Å²) in [4.78, 5) is 0. The van der Waals surface area contributed by atoms with E-state index in [4.69, 9.17) is 0 Å². The lowest BCUT2D eigenvalue weighted by molar-refractivity contribution is 0.849. The molecule has 0 bridgehead atoms. The van der Waals surface area contributed by atoms with Gasteiger partial charge in [-0.05, 0) is 25.7 Å². The highest BCUT2D eigenvalue weighted by molar-refractivity contribution is 5.00. The van der Waals surface area contributed by atoms with Crippen LogP contribution in [0.1, 0.15) is 39.5 Å². The van der Waals surface area contributed by atoms with Crippen molar-refractivity contribution < 1.29 is 0 Å². The summed E-state index contributed by atoms with van der Waals surface area (Å²) in [5, 5.41) is 0. The molecule has 0 aliphatic carbocycles. The lowest BCUT2D eigenvalue weighted by Crippen LogP contribution is -1.82. The summed E-state index contributed by atoms with van der Waals surface area (Å²) in [5.41, 5.74) is 2.68. The molecule has 0 heterocycles. The highest BCUT2D eigenvalue weighted by atomic mass is 14.0. The summed E-state index contributed by atoms with van der Waals surface area (Å²) in [5.74, 6) is 0. The average Bonchev–Trinajstić information content (AvgIpc) is 1.99. The van der Waals surface area contributed by atoms with E-state index in [-0.39, 0.29) is 0 Å². The Balaban J connectivity index is 3.35. The van der Waals surface area contributed by atoms with Gasteiger partial charge in [-0.2, -0.15) is 0 Å². The fourth-order valence-electron chi connectivity index (χ4n) is 0.707. The van der Waals surface area contributed by atoms with Crippen LogP contribution < -0.4 is 0 Å². The van der Waals surface area contributed by atoms with E-state index in [1.807, 2.05) is 0 Å². The minimum absolute atomic E-state index is 1.11. The van der Waals surface area contributed by atoms with Crippen molar-refractivity contribution in [2.75, 3.05) is 0 Å². The zero-order chi connectivity index (χ0) is 7.98. The molecule has 0 atom stereocenters. The Bertz CT molecular complexity index is 104. The Kier molecular flexibility index (Phi) is 5.00. The second-order valence-electron chi connectivity index (χ2n) is 2.71. The van der Waals surface area contributed by atoms with Crippen molar-refractivity contribution in [3.8, 4) is 0 Å². The van der Waals surface area contributed by atoms with Crippen LogP contribution in [-0.2, 0) is 0 Å². The molecule has 0 unspecified atom stereocenters. The Morgan fingerprint density at radius 2 is 1.20 bits per heavy atom. The first-order valence-corrected chi connectivity index (χ1v) is 4.04. The molecule has 0 nitrogen and oxygen atoms in total. The van der Waals surface area contributed by atoms with Gasteiger partial charge in [-0.15, -0.1) is 0 Å². The van der Waals surface area contributed by atoms with Crippen molar-refractivity contribution in [1.29, 1.82) is 0 Å². The Labute approximate surface area is 64.6 Å². The van der Waals surface area contributed by atoms with Crippen molar-refractivity contribution in [3.05, 3.63) is 24.3 Å². The molecule has 10 heavy (non-hydrogen) atoms. The van der Waals surface area contributed by atoms with Gasteiger partial charge in [-0.25, -0.2) is 0 Å². The Morgan fingerprint density at radius 3 is 1.40 bits per heavy atom. The molecule has 0 aliphatic heterocycles. The summed E-state index contributed by atoms with van der Waals surface area (Å²) >= 11 is 0. The molecular formula is C10H18. The molecular weight excluding hydrogens is 120 g/mol. The highest BCUT2D eigenvalue weighted by Gasteiger charge is 1.92. The molecule has 58 valence electrons. The van der Waals surface area contributed by atoms with Crippen molar-refractivity contribution in [1.82, 2.24) is 0 Å². The minimum Gasteiger partial charge on any atom is -0.0999 e. The van der Waals surface area contributed by atoms with Gasteiger partial charge in [-0.1, -0.05) is 38.2 Å². The molecule has 0 amide bonds. The van der Waals surface area contributed by atoms with Crippen molar-refractivity contribution in [3.63, 3.8) is 0 Å². The van der Waals surface area contributed by atoms with E-state index < -0.39 is 0 Å². The van der Waals surface area contributed by atoms with Crippen LogP contribution in [0.2, 0.25) is 0 Å². The number of hydrogen-bond acceptors (Lipinski definition) is 0. The fraction of sp³-hybridized carbons (Fsp3) is 0.600. The maximum Gasteiger partial charge on any atom is -0.0286 e. The molecule has 0 rings (SSSR count). The van der Waals surface area contributed by atoms with Crippen LogP contribution in [0.5, 0.6) is 0 Å². The molecule has 0 N–H and O–H groups in total. The van der Waals surface area contributed by atoms with Gasteiger partial charge in [0.15, 0.2) is 0 Å². The summed E-state index contributed by atoms with van der Waals surface area (Å²) in [6.45, 7) is 12.2. The molecule has 0 aromatic heterocycles. The molecule has 0 aromatic rings. The Morgan fingerprint density at radius 1 is 0.900 bits per heavy atom. The average molecular weight is 138 g/mol. The van der Waals surface area contributed by atoms with Gasteiger partial charge in [0.1, 0.15) is 0 Å². The van der Waals surface area contributed by atoms with Crippen LogP contribution in [0.25, 0.3) is 0 Å². The molecule has 0 heteroatoms. The largest absolute Gasteiger partial charge is 0.0999 e. The topological polar surface area (TPSA) is 0 Å². The third-order valence-electron chi connectivity index (χ3n) is 1.83. The van der Waals surface area contributed by atoms with Crippen molar-refractivity contribution >= 4 is 0 Å². The molecule has 0 radical (unpaired) electrons. The number of hydrogen-bond donors (Lipinski definition) is 0. The second kappa shape index (κ2) is 5.28. The van der Waals surface area contributed by atoms with Crippen LogP contribution in [0.3, 0.4) is 0 Å². The summed E-state index contributed by atoms with van der Waals surface area (Å²) in [7, 11) is 0. The minimum atomic E-state index is 1.11. The second-order valence-corrected chi connectivity index (χ2v) is 2.71. The van der Waals surface area contributed by atoms with E-state index in [0.717, 1.165) is 25.7 Å². The molecule has 0 saturated heterocycles. The van der Waals surface area contributed by atoms with E-state index in [0.29, 0.717) is 0 Å². The number of allylic oxidation sites excluding steroid dienone is 2. The van der Waals surface area contributed by atoms with Gasteiger partial charge >= 0.3 is 0 Å². The normalized spacial score (nSPS) is 9.40. The van der Waals surface area contributed by atoms with Gasteiger partial charge in [0.2, 0.25) is 0 Å². The van der Waals surface area contributed by atoms with Crippen molar-refractivity contribution in [2.45, 2.75) is 39.5 Å². The molecule has 0 aliphatic rings. The van der Waals surface area contributed by atoms with E-state index in [1.165, 1.54) is 11.1 Å². The summed E-state index contributed by atoms with van der Waals surface area (Å²) < 4.78 is 0. The van der Waals surface area contributed by atoms with E-state index >= 15 is 0 Å². The standard InChI is InChI=1S/C10H18/c1-5-9(3)7-8-10(4)6-2/h3-8H2,1-2H3. The smallest absolute Gasteiger partial charge is 0.0286 e.